The molecule has 2 aromatic heterocycles. The molecule has 1 aliphatic heterocycles. The van der Waals surface area contributed by atoms with Crippen LogP contribution in [0.25, 0.3) is 0 Å². The Bertz CT molecular complexity index is 730. The van der Waals surface area contributed by atoms with Gasteiger partial charge in [0.05, 0.1) is 17.4 Å². The van der Waals surface area contributed by atoms with Crippen molar-refractivity contribution in [2.45, 2.75) is 71.4 Å². The molecule has 0 unspecified atom stereocenters. The summed E-state index contributed by atoms with van der Waals surface area (Å²) in [4.78, 5) is 7.63. The van der Waals surface area contributed by atoms with Crippen LogP contribution in [0.3, 0.4) is 0 Å². The van der Waals surface area contributed by atoms with Gasteiger partial charge in [0.15, 0.2) is 0 Å². The van der Waals surface area contributed by atoms with Gasteiger partial charge >= 0.3 is 0 Å². The number of hydrogen-bond acceptors (Lipinski definition) is 4. The SMILES string of the molecule is CCc1noc(C)c1CN1CCC[C@H]1c1nc2c(n1C)CCCC2. The summed E-state index contributed by atoms with van der Waals surface area (Å²) in [6.07, 6.45) is 8.32. The van der Waals surface area contributed by atoms with E-state index in [1.54, 1.807) is 0 Å². The van der Waals surface area contributed by atoms with Crippen LogP contribution >= 0.6 is 0 Å². The molecule has 130 valence electrons. The highest BCUT2D eigenvalue weighted by Gasteiger charge is 2.32. The molecule has 0 radical (unpaired) electrons. The minimum atomic E-state index is 0.430. The molecule has 4 rings (SSSR count). The van der Waals surface area contributed by atoms with Gasteiger partial charge in [-0.2, -0.15) is 0 Å². The third kappa shape index (κ3) is 2.59. The van der Waals surface area contributed by atoms with E-state index in [0.29, 0.717) is 6.04 Å². The molecule has 0 saturated carbocycles. The van der Waals surface area contributed by atoms with Crippen molar-refractivity contribution in [3.63, 3.8) is 0 Å². The predicted molar refractivity (Wildman–Crippen MR) is 92.9 cm³/mol. The van der Waals surface area contributed by atoms with Gasteiger partial charge in [-0.1, -0.05) is 12.1 Å². The topological polar surface area (TPSA) is 47.1 Å². The van der Waals surface area contributed by atoms with E-state index in [1.807, 2.05) is 6.92 Å². The van der Waals surface area contributed by atoms with Crippen molar-refractivity contribution < 1.29 is 4.52 Å². The zero-order valence-corrected chi connectivity index (χ0v) is 15.1. The second-order valence-corrected chi connectivity index (χ2v) is 7.28. The Morgan fingerprint density at radius 2 is 2.04 bits per heavy atom. The van der Waals surface area contributed by atoms with Crippen LogP contribution in [0.2, 0.25) is 0 Å². The molecule has 0 amide bonds. The Balaban J connectivity index is 1.61. The summed E-state index contributed by atoms with van der Waals surface area (Å²) in [5, 5.41) is 4.22. The third-order valence-electron chi connectivity index (χ3n) is 5.83. The summed E-state index contributed by atoms with van der Waals surface area (Å²) in [7, 11) is 2.21. The van der Waals surface area contributed by atoms with Crippen molar-refractivity contribution in [2.24, 2.45) is 7.05 Å². The summed E-state index contributed by atoms with van der Waals surface area (Å²) < 4.78 is 7.82. The number of fused-ring (bicyclic) bond motifs is 1. The standard InChI is InChI=1S/C19H28N4O/c1-4-15-14(13(2)24-21-15)12-23-11-7-10-18(23)19-20-16-8-5-6-9-17(16)22(19)3/h18H,4-12H2,1-3H3/t18-/m0/s1. The maximum absolute atomic E-state index is 5.43. The molecule has 1 atom stereocenters. The zero-order chi connectivity index (χ0) is 16.7. The maximum Gasteiger partial charge on any atom is 0.138 e. The van der Waals surface area contributed by atoms with E-state index in [9.17, 15) is 0 Å². The summed E-state index contributed by atoms with van der Waals surface area (Å²) in [6.45, 7) is 6.25. The first-order chi connectivity index (χ1) is 11.7. The molecular formula is C19H28N4O. The molecule has 5 nitrogen and oxygen atoms in total. The number of rotatable bonds is 4. The Labute approximate surface area is 144 Å². The summed E-state index contributed by atoms with van der Waals surface area (Å²) in [5.74, 6) is 2.24. The lowest BCUT2D eigenvalue weighted by atomic mass is 10.0. The normalized spacial score (nSPS) is 21.4. The lowest BCUT2D eigenvalue weighted by Crippen LogP contribution is -2.25. The van der Waals surface area contributed by atoms with Gasteiger partial charge in [-0.15, -0.1) is 0 Å². The molecule has 2 aromatic rings. The Morgan fingerprint density at radius 1 is 1.21 bits per heavy atom. The molecule has 2 aliphatic rings. The van der Waals surface area contributed by atoms with Crippen LogP contribution in [0.5, 0.6) is 0 Å². The van der Waals surface area contributed by atoms with Gasteiger partial charge in [-0.05, 0) is 58.4 Å². The van der Waals surface area contributed by atoms with E-state index >= 15 is 0 Å². The highest BCUT2D eigenvalue weighted by atomic mass is 16.5. The fourth-order valence-corrected chi connectivity index (χ4v) is 4.43. The van der Waals surface area contributed by atoms with E-state index in [0.717, 1.165) is 37.4 Å². The van der Waals surface area contributed by atoms with E-state index in [-0.39, 0.29) is 0 Å². The van der Waals surface area contributed by atoms with Crippen molar-refractivity contribution in [1.82, 2.24) is 19.6 Å². The average Bonchev–Trinajstić information content (AvgIpc) is 3.28. The Kier molecular flexibility index (Phi) is 4.21. The number of nitrogens with zero attached hydrogens (tertiary/aromatic N) is 4. The molecule has 0 spiro atoms. The minimum absolute atomic E-state index is 0.430. The van der Waals surface area contributed by atoms with E-state index in [1.165, 1.54) is 54.9 Å². The maximum atomic E-state index is 5.43. The van der Waals surface area contributed by atoms with Gasteiger partial charge in [0, 0.05) is 24.8 Å². The molecular weight excluding hydrogens is 300 g/mol. The Morgan fingerprint density at radius 3 is 2.83 bits per heavy atom. The fourth-order valence-electron chi connectivity index (χ4n) is 4.43. The van der Waals surface area contributed by atoms with Crippen molar-refractivity contribution in [3.8, 4) is 0 Å². The van der Waals surface area contributed by atoms with Crippen molar-refractivity contribution in [2.75, 3.05) is 6.54 Å². The monoisotopic (exact) mass is 328 g/mol. The largest absolute Gasteiger partial charge is 0.361 e. The minimum Gasteiger partial charge on any atom is -0.361 e. The van der Waals surface area contributed by atoms with Crippen molar-refractivity contribution in [1.29, 1.82) is 0 Å². The second kappa shape index (κ2) is 6.36. The van der Waals surface area contributed by atoms with Crippen molar-refractivity contribution >= 4 is 0 Å². The summed E-state index contributed by atoms with van der Waals surface area (Å²) in [6, 6.07) is 0.430. The number of aromatic nitrogens is 3. The lowest BCUT2D eigenvalue weighted by molar-refractivity contribution is 0.234. The zero-order valence-electron chi connectivity index (χ0n) is 15.1. The number of imidazole rings is 1. The molecule has 24 heavy (non-hydrogen) atoms. The first-order valence-corrected chi connectivity index (χ1v) is 9.41. The van der Waals surface area contributed by atoms with Crippen LogP contribution in [0, 0.1) is 6.92 Å². The van der Waals surface area contributed by atoms with Crippen LogP contribution in [0.1, 0.15) is 72.9 Å². The van der Waals surface area contributed by atoms with E-state index in [4.69, 9.17) is 9.51 Å². The molecule has 0 bridgehead atoms. The molecule has 0 N–H and O–H groups in total. The van der Waals surface area contributed by atoms with Gasteiger partial charge in [-0.3, -0.25) is 4.90 Å². The van der Waals surface area contributed by atoms with Crippen LogP contribution in [-0.4, -0.2) is 26.2 Å². The Hall–Kier alpha value is -1.62. The van der Waals surface area contributed by atoms with Gasteiger partial charge < -0.3 is 9.09 Å². The lowest BCUT2D eigenvalue weighted by Gasteiger charge is -2.24. The number of likely N-dealkylation sites (tertiary alicyclic amines) is 1. The van der Waals surface area contributed by atoms with Gasteiger partial charge in [0.1, 0.15) is 11.6 Å². The van der Waals surface area contributed by atoms with E-state index in [2.05, 4.69) is 28.6 Å². The number of aryl methyl sites for hydroxylation is 3. The molecule has 1 saturated heterocycles. The van der Waals surface area contributed by atoms with Crippen LogP contribution in [0.15, 0.2) is 4.52 Å². The third-order valence-corrected chi connectivity index (χ3v) is 5.83. The molecule has 3 heterocycles. The van der Waals surface area contributed by atoms with Crippen LogP contribution in [0.4, 0.5) is 0 Å². The van der Waals surface area contributed by atoms with Gasteiger partial charge in [-0.25, -0.2) is 4.98 Å². The smallest absolute Gasteiger partial charge is 0.138 e. The molecule has 1 fully saturated rings. The van der Waals surface area contributed by atoms with Crippen molar-refractivity contribution in [3.05, 3.63) is 34.2 Å². The quantitative estimate of drug-likeness (QED) is 0.862. The molecule has 5 heteroatoms. The predicted octanol–water partition coefficient (Wildman–Crippen LogP) is 3.49. The van der Waals surface area contributed by atoms with E-state index < -0.39 is 0 Å². The average molecular weight is 328 g/mol. The summed E-state index contributed by atoms with van der Waals surface area (Å²) >= 11 is 0. The first kappa shape index (κ1) is 15.9. The van der Waals surface area contributed by atoms with Gasteiger partial charge in [0.2, 0.25) is 0 Å². The highest BCUT2D eigenvalue weighted by Crippen LogP contribution is 2.35. The second-order valence-electron chi connectivity index (χ2n) is 7.28. The number of hydrogen-bond donors (Lipinski definition) is 0. The molecule has 0 aromatic carbocycles. The van der Waals surface area contributed by atoms with Crippen LogP contribution < -0.4 is 0 Å². The highest BCUT2D eigenvalue weighted by molar-refractivity contribution is 5.24. The first-order valence-electron chi connectivity index (χ1n) is 9.41. The van der Waals surface area contributed by atoms with Crippen LogP contribution in [-0.2, 0) is 32.9 Å². The fraction of sp³-hybridized carbons (Fsp3) is 0.684. The summed E-state index contributed by atoms with van der Waals surface area (Å²) in [5.41, 5.74) is 5.21. The van der Waals surface area contributed by atoms with Gasteiger partial charge in [0.25, 0.3) is 0 Å². The molecule has 1 aliphatic carbocycles.